The first-order chi connectivity index (χ1) is 12.9. The number of carbonyl (C=O) groups is 2. The zero-order valence-corrected chi connectivity index (χ0v) is 17.4. The van der Waals surface area contributed by atoms with Crippen molar-refractivity contribution in [2.75, 3.05) is 17.2 Å². The zero-order valence-electron chi connectivity index (χ0n) is 15.8. The summed E-state index contributed by atoms with van der Waals surface area (Å²) in [5.74, 6) is 0.679. The molecule has 0 radical (unpaired) electrons. The Morgan fingerprint density at radius 1 is 1.04 bits per heavy atom. The molecular formula is C21H25BrN2O3. The van der Waals surface area contributed by atoms with Crippen molar-refractivity contribution < 1.29 is 14.3 Å². The van der Waals surface area contributed by atoms with Gasteiger partial charge in [-0.2, -0.15) is 0 Å². The van der Waals surface area contributed by atoms with Gasteiger partial charge in [0, 0.05) is 22.3 Å². The largest absolute Gasteiger partial charge is 0.483 e. The minimum atomic E-state index is -0.260. The van der Waals surface area contributed by atoms with Crippen LogP contribution in [0.3, 0.4) is 0 Å². The lowest BCUT2D eigenvalue weighted by molar-refractivity contribution is -0.118. The lowest BCUT2D eigenvalue weighted by Crippen LogP contribution is -2.20. The molecule has 0 atom stereocenters. The standard InChI is InChI=1S/C21H25BrN2O3/c1-4-6-20(25)23-16-7-5-8-17(12-16)24-21(26)13-27-19-10-9-15(22)11-18(19)14(2)3/h5,7-12,14H,4,6,13H2,1-3H3,(H,23,25)(H,24,26). The number of carbonyl (C=O) groups excluding carboxylic acids is 2. The Hall–Kier alpha value is -2.34. The van der Waals surface area contributed by atoms with Crippen LogP contribution in [0.25, 0.3) is 0 Å². The summed E-state index contributed by atoms with van der Waals surface area (Å²) in [7, 11) is 0. The lowest BCUT2D eigenvalue weighted by Gasteiger charge is -2.14. The van der Waals surface area contributed by atoms with Crippen LogP contribution in [0.4, 0.5) is 11.4 Å². The van der Waals surface area contributed by atoms with E-state index >= 15 is 0 Å². The second kappa shape index (κ2) is 10.1. The highest BCUT2D eigenvalue weighted by atomic mass is 79.9. The van der Waals surface area contributed by atoms with Crippen LogP contribution in [0.5, 0.6) is 5.75 Å². The molecule has 0 unspecified atom stereocenters. The fraction of sp³-hybridized carbons (Fsp3) is 0.333. The Labute approximate surface area is 168 Å². The molecule has 2 N–H and O–H groups in total. The predicted molar refractivity (Wildman–Crippen MR) is 112 cm³/mol. The van der Waals surface area contributed by atoms with Gasteiger partial charge in [-0.05, 0) is 54.3 Å². The van der Waals surface area contributed by atoms with E-state index in [4.69, 9.17) is 4.74 Å². The van der Waals surface area contributed by atoms with Gasteiger partial charge in [0.15, 0.2) is 6.61 Å². The van der Waals surface area contributed by atoms with Crippen LogP contribution in [-0.2, 0) is 9.59 Å². The Kier molecular flexibility index (Phi) is 7.85. The first-order valence-corrected chi connectivity index (χ1v) is 9.80. The van der Waals surface area contributed by atoms with Crippen molar-refractivity contribution in [1.29, 1.82) is 0 Å². The van der Waals surface area contributed by atoms with Gasteiger partial charge in [0.05, 0.1) is 0 Å². The molecule has 2 amide bonds. The van der Waals surface area contributed by atoms with Crippen molar-refractivity contribution in [3.05, 3.63) is 52.5 Å². The van der Waals surface area contributed by atoms with Gasteiger partial charge in [-0.15, -0.1) is 0 Å². The van der Waals surface area contributed by atoms with Gasteiger partial charge in [-0.25, -0.2) is 0 Å². The molecule has 0 aromatic heterocycles. The second-order valence-corrected chi connectivity index (χ2v) is 7.47. The number of nitrogens with one attached hydrogen (secondary N) is 2. The van der Waals surface area contributed by atoms with Crippen LogP contribution in [0.1, 0.15) is 45.1 Å². The Morgan fingerprint density at radius 2 is 1.70 bits per heavy atom. The average molecular weight is 433 g/mol. The third-order valence-corrected chi connectivity index (χ3v) is 4.35. The number of benzene rings is 2. The molecule has 2 rings (SSSR count). The SMILES string of the molecule is CCCC(=O)Nc1cccc(NC(=O)COc2ccc(Br)cc2C(C)C)c1. The van der Waals surface area contributed by atoms with E-state index in [2.05, 4.69) is 40.4 Å². The molecule has 2 aromatic rings. The third-order valence-electron chi connectivity index (χ3n) is 3.86. The van der Waals surface area contributed by atoms with Crippen molar-refractivity contribution in [2.45, 2.75) is 39.5 Å². The molecule has 5 nitrogen and oxygen atoms in total. The van der Waals surface area contributed by atoms with Gasteiger partial charge in [-0.3, -0.25) is 9.59 Å². The highest BCUT2D eigenvalue weighted by Crippen LogP contribution is 2.29. The van der Waals surface area contributed by atoms with Crippen molar-refractivity contribution >= 4 is 39.1 Å². The molecule has 2 aromatic carbocycles. The molecule has 0 fully saturated rings. The van der Waals surface area contributed by atoms with Crippen LogP contribution in [0, 0.1) is 0 Å². The first-order valence-electron chi connectivity index (χ1n) is 9.01. The molecule has 0 aliphatic heterocycles. The number of halogens is 1. The lowest BCUT2D eigenvalue weighted by atomic mass is 10.0. The minimum absolute atomic E-state index is 0.0410. The highest BCUT2D eigenvalue weighted by Gasteiger charge is 2.11. The van der Waals surface area contributed by atoms with E-state index < -0.39 is 0 Å². The van der Waals surface area contributed by atoms with Gasteiger partial charge in [-0.1, -0.05) is 42.8 Å². The monoisotopic (exact) mass is 432 g/mol. The van der Waals surface area contributed by atoms with Crippen molar-refractivity contribution in [1.82, 2.24) is 0 Å². The fourth-order valence-corrected chi connectivity index (χ4v) is 2.95. The van der Waals surface area contributed by atoms with E-state index in [1.807, 2.05) is 25.1 Å². The van der Waals surface area contributed by atoms with Gasteiger partial charge in [0.25, 0.3) is 5.91 Å². The van der Waals surface area contributed by atoms with Crippen LogP contribution in [0.2, 0.25) is 0 Å². The number of ether oxygens (including phenoxy) is 1. The number of anilines is 2. The number of amides is 2. The summed E-state index contributed by atoms with van der Waals surface area (Å²) in [5.41, 5.74) is 2.30. The Bertz CT molecular complexity index is 806. The van der Waals surface area contributed by atoms with Gasteiger partial charge >= 0.3 is 0 Å². The normalized spacial score (nSPS) is 10.6. The molecule has 144 valence electrons. The van der Waals surface area contributed by atoms with Crippen LogP contribution in [0.15, 0.2) is 46.9 Å². The molecular weight excluding hydrogens is 408 g/mol. The Balaban J connectivity index is 1.96. The van der Waals surface area contributed by atoms with Crippen LogP contribution < -0.4 is 15.4 Å². The molecule has 6 heteroatoms. The quantitative estimate of drug-likeness (QED) is 0.592. The molecule has 0 saturated heterocycles. The summed E-state index contributed by atoms with van der Waals surface area (Å²) in [5, 5.41) is 5.61. The maximum absolute atomic E-state index is 12.2. The smallest absolute Gasteiger partial charge is 0.262 e. The summed E-state index contributed by atoms with van der Waals surface area (Å²) >= 11 is 3.46. The van der Waals surface area contributed by atoms with E-state index in [1.54, 1.807) is 24.3 Å². The van der Waals surface area contributed by atoms with Gasteiger partial charge in [0.2, 0.25) is 5.91 Å². The predicted octanol–water partition coefficient (Wildman–Crippen LogP) is 5.33. The number of rotatable bonds is 8. The van der Waals surface area contributed by atoms with E-state index in [-0.39, 0.29) is 24.3 Å². The highest BCUT2D eigenvalue weighted by molar-refractivity contribution is 9.10. The first kappa shape index (κ1) is 21.0. The summed E-state index contributed by atoms with van der Waals surface area (Å²) in [6, 6.07) is 12.8. The summed E-state index contributed by atoms with van der Waals surface area (Å²) < 4.78 is 6.69. The molecule has 0 aliphatic rings. The van der Waals surface area contributed by atoms with E-state index in [0.717, 1.165) is 16.5 Å². The molecule has 0 spiro atoms. The van der Waals surface area contributed by atoms with E-state index in [1.165, 1.54) is 0 Å². The second-order valence-electron chi connectivity index (χ2n) is 6.55. The van der Waals surface area contributed by atoms with E-state index in [0.29, 0.717) is 23.5 Å². The topological polar surface area (TPSA) is 67.4 Å². The van der Waals surface area contributed by atoms with Crippen LogP contribution >= 0.6 is 15.9 Å². The average Bonchev–Trinajstić information content (AvgIpc) is 2.61. The Morgan fingerprint density at radius 3 is 2.33 bits per heavy atom. The molecule has 0 saturated carbocycles. The number of hydrogen-bond acceptors (Lipinski definition) is 3. The van der Waals surface area contributed by atoms with Crippen molar-refractivity contribution in [3.8, 4) is 5.75 Å². The molecule has 0 aliphatic carbocycles. The third kappa shape index (κ3) is 6.71. The van der Waals surface area contributed by atoms with Gasteiger partial charge in [0.1, 0.15) is 5.75 Å². The summed E-state index contributed by atoms with van der Waals surface area (Å²) in [4.78, 5) is 23.9. The molecule has 0 bridgehead atoms. The van der Waals surface area contributed by atoms with Gasteiger partial charge < -0.3 is 15.4 Å². The number of hydrogen-bond donors (Lipinski definition) is 2. The summed E-state index contributed by atoms with van der Waals surface area (Å²) in [6.07, 6.45) is 1.25. The fourth-order valence-electron chi connectivity index (χ4n) is 2.57. The zero-order chi connectivity index (χ0) is 19.8. The summed E-state index contributed by atoms with van der Waals surface area (Å²) in [6.45, 7) is 6.01. The van der Waals surface area contributed by atoms with Crippen molar-refractivity contribution in [2.24, 2.45) is 0 Å². The maximum Gasteiger partial charge on any atom is 0.262 e. The van der Waals surface area contributed by atoms with Crippen molar-refractivity contribution in [3.63, 3.8) is 0 Å². The molecule has 0 heterocycles. The molecule has 27 heavy (non-hydrogen) atoms. The minimum Gasteiger partial charge on any atom is -0.483 e. The van der Waals surface area contributed by atoms with E-state index in [9.17, 15) is 9.59 Å². The van der Waals surface area contributed by atoms with Crippen LogP contribution in [-0.4, -0.2) is 18.4 Å². The maximum atomic E-state index is 12.2.